The molecule has 0 spiro atoms. The second kappa shape index (κ2) is 6.56. The molecule has 1 N–H and O–H groups in total. The van der Waals surface area contributed by atoms with Crippen molar-refractivity contribution in [2.24, 2.45) is 0 Å². The SMILES string of the molecule is CCCCC(CCC)n1cncc1C1(C)CCNC1. The van der Waals surface area contributed by atoms with E-state index in [1.54, 1.807) is 0 Å². The molecule has 2 heterocycles. The van der Waals surface area contributed by atoms with Crippen molar-refractivity contribution in [2.75, 3.05) is 13.1 Å². The standard InChI is InChI=1S/C16H29N3/c1-4-6-8-14(7-5-2)19-13-18-11-15(19)16(3)9-10-17-12-16/h11,13-14,17H,4-10,12H2,1-3H3. The molecule has 0 bridgehead atoms. The molecule has 2 rings (SSSR count). The van der Waals surface area contributed by atoms with Crippen molar-refractivity contribution in [3.05, 3.63) is 18.2 Å². The van der Waals surface area contributed by atoms with Gasteiger partial charge in [-0.1, -0.05) is 40.0 Å². The van der Waals surface area contributed by atoms with Crippen molar-refractivity contribution in [1.82, 2.24) is 14.9 Å². The molecule has 1 aromatic rings. The summed E-state index contributed by atoms with van der Waals surface area (Å²) in [6, 6.07) is 0.639. The van der Waals surface area contributed by atoms with Gasteiger partial charge >= 0.3 is 0 Å². The van der Waals surface area contributed by atoms with Gasteiger partial charge in [-0.05, 0) is 25.8 Å². The normalized spacial score (nSPS) is 24.8. The smallest absolute Gasteiger partial charge is 0.0950 e. The summed E-state index contributed by atoms with van der Waals surface area (Å²) in [5.74, 6) is 0. The zero-order chi connectivity index (χ0) is 13.7. The van der Waals surface area contributed by atoms with E-state index in [2.05, 4.69) is 48.2 Å². The molecule has 3 heteroatoms. The number of imidazole rings is 1. The summed E-state index contributed by atoms with van der Waals surface area (Å²) in [7, 11) is 0. The fraction of sp³-hybridized carbons (Fsp3) is 0.812. The van der Waals surface area contributed by atoms with E-state index in [1.807, 2.05) is 0 Å². The molecule has 3 nitrogen and oxygen atoms in total. The van der Waals surface area contributed by atoms with Crippen LogP contribution in [0.5, 0.6) is 0 Å². The van der Waals surface area contributed by atoms with E-state index in [4.69, 9.17) is 0 Å². The maximum atomic E-state index is 4.46. The number of hydrogen-bond donors (Lipinski definition) is 1. The highest BCUT2D eigenvalue weighted by molar-refractivity contribution is 5.18. The van der Waals surface area contributed by atoms with Crippen molar-refractivity contribution in [3.8, 4) is 0 Å². The summed E-state index contributed by atoms with van der Waals surface area (Å²) in [4.78, 5) is 4.46. The Balaban J connectivity index is 2.20. The lowest BCUT2D eigenvalue weighted by molar-refractivity contribution is 0.375. The first-order valence-electron chi connectivity index (χ1n) is 7.94. The van der Waals surface area contributed by atoms with E-state index in [1.165, 1.54) is 44.2 Å². The first kappa shape index (κ1) is 14.6. The lowest BCUT2D eigenvalue weighted by Crippen LogP contribution is -2.29. The fourth-order valence-corrected chi connectivity index (χ4v) is 3.29. The van der Waals surface area contributed by atoms with E-state index in [9.17, 15) is 0 Å². The van der Waals surface area contributed by atoms with Gasteiger partial charge in [-0.25, -0.2) is 4.98 Å². The van der Waals surface area contributed by atoms with Crippen LogP contribution in [0.25, 0.3) is 0 Å². The number of aromatic nitrogens is 2. The molecule has 0 aliphatic carbocycles. The summed E-state index contributed by atoms with van der Waals surface area (Å²) in [6.07, 6.45) is 11.8. The summed E-state index contributed by atoms with van der Waals surface area (Å²) in [5, 5.41) is 3.50. The van der Waals surface area contributed by atoms with Crippen LogP contribution in [0.2, 0.25) is 0 Å². The van der Waals surface area contributed by atoms with Crippen molar-refractivity contribution in [1.29, 1.82) is 0 Å². The summed E-state index contributed by atoms with van der Waals surface area (Å²) in [6.45, 7) is 9.16. The van der Waals surface area contributed by atoms with Crippen LogP contribution in [0.3, 0.4) is 0 Å². The Morgan fingerprint density at radius 3 is 2.84 bits per heavy atom. The predicted molar refractivity (Wildman–Crippen MR) is 80.5 cm³/mol. The Hall–Kier alpha value is -0.830. The summed E-state index contributed by atoms with van der Waals surface area (Å²) >= 11 is 0. The first-order chi connectivity index (χ1) is 9.21. The Labute approximate surface area is 117 Å². The van der Waals surface area contributed by atoms with E-state index in [-0.39, 0.29) is 5.41 Å². The van der Waals surface area contributed by atoms with Crippen LogP contribution in [0.4, 0.5) is 0 Å². The Morgan fingerprint density at radius 2 is 2.21 bits per heavy atom. The lowest BCUT2D eigenvalue weighted by atomic mass is 9.85. The monoisotopic (exact) mass is 263 g/mol. The van der Waals surface area contributed by atoms with E-state index >= 15 is 0 Å². The lowest BCUT2D eigenvalue weighted by Gasteiger charge is -2.28. The average Bonchev–Trinajstić information content (AvgIpc) is 3.04. The van der Waals surface area contributed by atoms with Gasteiger partial charge in [-0.2, -0.15) is 0 Å². The minimum atomic E-state index is 0.273. The molecule has 0 aromatic carbocycles. The van der Waals surface area contributed by atoms with Crippen LogP contribution in [-0.4, -0.2) is 22.6 Å². The molecule has 2 atom stereocenters. The van der Waals surface area contributed by atoms with Gasteiger partial charge in [0.1, 0.15) is 0 Å². The third-order valence-corrected chi connectivity index (χ3v) is 4.56. The fourth-order valence-electron chi connectivity index (χ4n) is 3.29. The number of nitrogens with zero attached hydrogens (tertiary/aromatic N) is 2. The minimum absolute atomic E-state index is 0.273. The molecule has 2 unspecified atom stereocenters. The first-order valence-corrected chi connectivity index (χ1v) is 7.94. The van der Waals surface area contributed by atoms with Gasteiger partial charge in [0.25, 0.3) is 0 Å². The maximum Gasteiger partial charge on any atom is 0.0950 e. The molecule has 1 fully saturated rings. The molecule has 1 aromatic heterocycles. The number of hydrogen-bond acceptors (Lipinski definition) is 2. The highest BCUT2D eigenvalue weighted by Crippen LogP contribution is 2.33. The highest BCUT2D eigenvalue weighted by Gasteiger charge is 2.34. The maximum absolute atomic E-state index is 4.46. The van der Waals surface area contributed by atoms with Gasteiger partial charge in [0.15, 0.2) is 0 Å². The number of rotatable bonds is 7. The quantitative estimate of drug-likeness (QED) is 0.813. The zero-order valence-corrected chi connectivity index (χ0v) is 12.8. The van der Waals surface area contributed by atoms with Gasteiger partial charge in [0.2, 0.25) is 0 Å². The van der Waals surface area contributed by atoms with Gasteiger partial charge in [-0.15, -0.1) is 0 Å². The van der Waals surface area contributed by atoms with Crippen molar-refractivity contribution in [3.63, 3.8) is 0 Å². The molecule has 0 amide bonds. The highest BCUT2D eigenvalue weighted by atomic mass is 15.1. The van der Waals surface area contributed by atoms with E-state index in [0.717, 1.165) is 13.1 Å². The zero-order valence-electron chi connectivity index (χ0n) is 12.8. The average molecular weight is 263 g/mol. The van der Waals surface area contributed by atoms with Crippen LogP contribution in [0.15, 0.2) is 12.5 Å². The van der Waals surface area contributed by atoms with Gasteiger partial charge in [0.05, 0.1) is 6.33 Å². The predicted octanol–water partition coefficient (Wildman–Crippen LogP) is 3.67. The van der Waals surface area contributed by atoms with Crippen molar-refractivity contribution < 1.29 is 0 Å². The molecule has 0 saturated carbocycles. The third-order valence-electron chi connectivity index (χ3n) is 4.56. The van der Waals surface area contributed by atoms with Crippen LogP contribution in [-0.2, 0) is 5.41 Å². The Morgan fingerprint density at radius 1 is 1.37 bits per heavy atom. The van der Waals surface area contributed by atoms with Crippen molar-refractivity contribution in [2.45, 2.75) is 70.8 Å². The summed E-state index contributed by atoms with van der Waals surface area (Å²) < 4.78 is 2.48. The molecule has 1 aliphatic rings. The van der Waals surface area contributed by atoms with Crippen LogP contribution in [0, 0.1) is 0 Å². The number of unbranched alkanes of at least 4 members (excludes halogenated alkanes) is 1. The molecule has 19 heavy (non-hydrogen) atoms. The second-order valence-corrected chi connectivity index (χ2v) is 6.26. The van der Waals surface area contributed by atoms with Gasteiger partial charge in [-0.3, -0.25) is 0 Å². The van der Waals surface area contributed by atoms with E-state index in [0.29, 0.717) is 6.04 Å². The van der Waals surface area contributed by atoms with Crippen LogP contribution < -0.4 is 5.32 Å². The largest absolute Gasteiger partial charge is 0.331 e. The molecule has 1 saturated heterocycles. The van der Waals surface area contributed by atoms with E-state index < -0.39 is 0 Å². The van der Waals surface area contributed by atoms with Gasteiger partial charge < -0.3 is 9.88 Å². The van der Waals surface area contributed by atoms with Crippen LogP contribution >= 0.6 is 0 Å². The molecule has 1 aliphatic heterocycles. The third kappa shape index (κ3) is 3.19. The van der Waals surface area contributed by atoms with Crippen molar-refractivity contribution >= 4 is 0 Å². The molecule has 0 radical (unpaired) electrons. The second-order valence-electron chi connectivity index (χ2n) is 6.26. The molecular formula is C16H29N3. The van der Waals surface area contributed by atoms with Crippen LogP contribution in [0.1, 0.15) is 71.0 Å². The summed E-state index contributed by atoms with van der Waals surface area (Å²) in [5.41, 5.74) is 1.71. The molecular weight excluding hydrogens is 234 g/mol. The van der Waals surface area contributed by atoms with Gasteiger partial charge in [0, 0.05) is 29.9 Å². The molecule has 108 valence electrons. The minimum Gasteiger partial charge on any atom is -0.331 e. The Kier molecular flexibility index (Phi) is 5.03. The topological polar surface area (TPSA) is 29.9 Å². The number of nitrogens with one attached hydrogen (secondary N) is 1. The Bertz CT molecular complexity index is 377.